The van der Waals surface area contributed by atoms with Gasteiger partial charge in [-0.25, -0.2) is 4.98 Å². The van der Waals surface area contributed by atoms with E-state index in [1.54, 1.807) is 0 Å². The van der Waals surface area contributed by atoms with Crippen molar-refractivity contribution in [2.24, 2.45) is 0 Å². The molecule has 1 heterocycles. The molecule has 0 saturated heterocycles. The van der Waals surface area contributed by atoms with Gasteiger partial charge >= 0.3 is 0 Å². The largest absolute Gasteiger partial charge is 0.494 e. The van der Waals surface area contributed by atoms with Crippen molar-refractivity contribution < 1.29 is 4.74 Å². The lowest BCUT2D eigenvalue weighted by atomic mass is 10.1. The first-order valence-electron chi connectivity index (χ1n) is 9.08. The molecule has 0 amide bonds. The predicted molar refractivity (Wildman–Crippen MR) is 119 cm³/mol. The average molecular weight is 403 g/mol. The van der Waals surface area contributed by atoms with Crippen LogP contribution in [0.15, 0.2) is 59.6 Å². The van der Waals surface area contributed by atoms with Gasteiger partial charge in [-0.05, 0) is 50.3 Å². The van der Waals surface area contributed by atoms with E-state index in [0.717, 1.165) is 41.6 Å². The van der Waals surface area contributed by atoms with Crippen LogP contribution in [0.25, 0.3) is 22.0 Å². The van der Waals surface area contributed by atoms with E-state index in [1.165, 1.54) is 16.5 Å². The van der Waals surface area contributed by atoms with Crippen molar-refractivity contribution >= 4 is 35.1 Å². The summed E-state index contributed by atoms with van der Waals surface area (Å²) in [4.78, 5) is 7.14. The van der Waals surface area contributed by atoms with Gasteiger partial charge in [0, 0.05) is 23.2 Å². The van der Waals surface area contributed by atoms with Crippen LogP contribution in [0, 0.1) is 0 Å². The van der Waals surface area contributed by atoms with Gasteiger partial charge in [-0.3, -0.25) is 0 Å². The number of para-hydroxylation sites is 1. The van der Waals surface area contributed by atoms with Crippen molar-refractivity contribution in [2.75, 3.05) is 33.0 Å². The van der Waals surface area contributed by atoms with Crippen LogP contribution in [-0.2, 0) is 0 Å². The molecule has 3 aromatic rings. The summed E-state index contributed by atoms with van der Waals surface area (Å²) in [6.45, 7) is 3.90. The first-order valence-corrected chi connectivity index (χ1v) is 10.1. The number of nitrogens with zero attached hydrogens (tertiary/aromatic N) is 2. The standard InChI is InChI=1S/C22H26N2OS.ClH/c1-4-14-25-19-11-9-17(10-12-19)20-16-18-7-5-6-8-21(18)23-22(20)26-15-13-24(2)3;/h5-12,16H,4,13-15H2,1-3H3;1H. The summed E-state index contributed by atoms with van der Waals surface area (Å²) in [6.07, 6.45) is 1.02. The van der Waals surface area contributed by atoms with Gasteiger partial charge in [0.15, 0.2) is 0 Å². The zero-order valence-electron chi connectivity index (χ0n) is 16.1. The molecule has 0 atom stereocenters. The Morgan fingerprint density at radius 3 is 2.48 bits per heavy atom. The van der Waals surface area contributed by atoms with Gasteiger partial charge in [-0.1, -0.05) is 37.3 Å². The molecule has 1 aromatic heterocycles. The fourth-order valence-electron chi connectivity index (χ4n) is 2.69. The highest BCUT2D eigenvalue weighted by atomic mass is 35.5. The third-order valence-corrected chi connectivity index (χ3v) is 5.08. The Labute approximate surface area is 172 Å². The van der Waals surface area contributed by atoms with E-state index in [-0.39, 0.29) is 12.4 Å². The number of thioether (sulfide) groups is 1. The summed E-state index contributed by atoms with van der Waals surface area (Å²) in [6, 6.07) is 18.9. The lowest BCUT2D eigenvalue weighted by molar-refractivity contribution is 0.317. The molecule has 0 unspecified atom stereocenters. The molecule has 0 radical (unpaired) electrons. The Morgan fingerprint density at radius 2 is 1.78 bits per heavy atom. The molecule has 144 valence electrons. The molecular formula is C22H27ClN2OS. The van der Waals surface area contributed by atoms with Crippen LogP contribution < -0.4 is 4.74 Å². The molecule has 0 fully saturated rings. The smallest absolute Gasteiger partial charge is 0.119 e. The maximum absolute atomic E-state index is 5.71. The fraction of sp³-hybridized carbons (Fsp3) is 0.318. The second kappa shape index (κ2) is 10.5. The molecule has 3 nitrogen and oxygen atoms in total. The highest BCUT2D eigenvalue weighted by molar-refractivity contribution is 7.99. The number of hydrogen-bond acceptors (Lipinski definition) is 4. The minimum Gasteiger partial charge on any atom is -0.494 e. The predicted octanol–water partition coefficient (Wildman–Crippen LogP) is 5.77. The van der Waals surface area contributed by atoms with Crippen LogP contribution in [0.5, 0.6) is 5.75 Å². The fourth-order valence-corrected chi connectivity index (χ4v) is 3.84. The van der Waals surface area contributed by atoms with Gasteiger partial charge in [0.25, 0.3) is 0 Å². The van der Waals surface area contributed by atoms with Crippen LogP contribution in [0.2, 0.25) is 0 Å². The zero-order chi connectivity index (χ0) is 18.4. The monoisotopic (exact) mass is 402 g/mol. The molecular weight excluding hydrogens is 376 g/mol. The Kier molecular flexibility index (Phi) is 8.42. The molecule has 0 aliphatic heterocycles. The van der Waals surface area contributed by atoms with Crippen molar-refractivity contribution in [1.82, 2.24) is 9.88 Å². The van der Waals surface area contributed by atoms with Crippen molar-refractivity contribution in [3.63, 3.8) is 0 Å². The van der Waals surface area contributed by atoms with Crippen LogP contribution in [0.4, 0.5) is 0 Å². The van der Waals surface area contributed by atoms with Crippen molar-refractivity contribution in [3.05, 3.63) is 54.6 Å². The maximum atomic E-state index is 5.71. The van der Waals surface area contributed by atoms with Crippen LogP contribution in [0.3, 0.4) is 0 Å². The summed E-state index contributed by atoms with van der Waals surface area (Å²) in [5, 5.41) is 2.26. The van der Waals surface area contributed by atoms with E-state index in [2.05, 4.69) is 74.4 Å². The van der Waals surface area contributed by atoms with Crippen molar-refractivity contribution in [1.29, 1.82) is 0 Å². The number of ether oxygens (including phenoxy) is 1. The summed E-state index contributed by atoms with van der Waals surface area (Å²) in [5.74, 6) is 1.94. The molecule has 27 heavy (non-hydrogen) atoms. The number of benzene rings is 2. The van der Waals surface area contributed by atoms with Gasteiger partial charge in [-0.15, -0.1) is 24.2 Å². The number of halogens is 1. The number of hydrogen-bond donors (Lipinski definition) is 0. The van der Waals surface area contributed by atoms with E-state index in [9.17, 15) is 0 Å². The molecule has 5 heteroatoms. The Balaban J connectivity index is 0.00000261. The highest BCUT2D eigenvalue weighted by Gasteiger charge is 2.10. The molecule has 0 saturated carbocycles. The number of fused-ring (bicyclic) bond motifs is 1. The van der Waals surface area contributed by atoms with Gasteiger partial charge < -0.3 is 9.64 Å². The second-order valence-corrected chi connectivity index (χ2v) is 7.64. The first-order chi connectivity index (χ1) is 12.7. The minimum atomic E-state index is 0. The highest BCUT2D eigenvalue weighted by Crippen LogP contribution is 2.33. The molecule has 0 aliphatic rings. The van der Waals surface area contributed by atoms with E-state index in [1.807, 2.05) is 17.8 Å². The minimum absolute atomic E-state index is 0. The Hall–Kier alpha value is -1.75. The summed E-state index contributed by atoms with van der Waals surface area (Å²) < 4.78 is 5.71. The Bertz CT molecular complexity index is 853. The van der Waals surface area contributed by atoms with E-state index in [4.69, 9.17) is 9.72 Å². The van der Waals surface area contributed by atoms with E-state index in [0.29, 0.717) is 0 Å². The Morgan fingerprint density at radius 1 is 1.04 bits per heavy atom. The lowest BCUT2D eigenvalue weighted by Crippen LogP contribution is -2.14. The van der Waals surface area contributed by atoms with Crippen molar-refractivity contribution in [3.8, 4) is 16.9 Å². The molecule has 0 spiro atoms. The van der Waals surface area contributed by atoms with Gasteiger partial charge in [0.05, 0.1) is 12.1 Å². The van der Waals surface area contributed by atoms with Gasteiger partial charge in [0.2, 0.25) is 0 Å². The second-order valence-electron chi connectivity index (χ2n) is 6.56. The van der Waals surface area contributed by atoms with Crippen molar-refractivity contribution in [2.45, 2.75) is 18.4 Å². The average Bonchev–Trinajstić information content (AvgIpc) is 2.66. The van der Waals surface area contributed by atoms with Crippen LogP contribution >= 0.6 is 24.2 Å². The number of rotatable bonds is 8. The molecule has 0 bridgehead atoms. The number of aromatic nitrogens is 1. The molecule has 2 aromatic carbocycles. The lowest BCUT2D eigenvalue weighted by Gasteiger charge is -2.13. The summed E-state index contributed by atoms with van der Waals surface area (Å²) >= 11 is 1.82. The third-order valence-electron chi connectivity index (χ3n) is 4.10. The molecule has 0 N–H and O–H groups in total. The molecule has 0 aliphatic carbocycles. The summed E-state index contributed by atoms with van der Waals surface area (Å²) in [7, 11) is 4.20. The zero-order valence-corrected chi connectivity index (χ0v) is 17.8. The quantitative estimate of drug-likeness (QED) is 0.447. The normalized spacial score (nSPS) is 10.8. The van der Waals surface area contributed by atoms with Crippen LogP contribution in [-0.4, -0.2) is 42.9 Å². The van der Waals surface area contributed by atoms with E-state index < -0.39 is 0 Å². The maximum Gasteiger partial charge on any atom is 0.119 e. The van der Waals surface area contributed by atoms with E-state index >= 15 is 0 Å². The topological polar surface area (TPSA) is 25.4 Å². The van der Waals surface area contributed by atoms with Gasteiger partial charge in [0.1, 0.15) is 10.8 Å². The molecule has 3 rings (SSSR count). The van der Waals surface area contributed by atoms with Gasteiger partial charge in [-0.2, -0.15) is 0 Å². The summed E-state index contributed by atoms with van der Waals surface area (Å²) in [5.41, 5.74) is 3.42. The first kappa shape index (κ1) is 21.5. The van der Waals surface area contributed by atoms with Crippen LogP contribution in [0.1, 0.15) is 13.3 Å². The SMILES string of the molecule is CCCOc1ccc(-c2cc3ccccc3nc2SCCN(C)C)cc1.Cl. The third kappa shape index (κ3) is 5.86. The number of pyridine rings is 1.